The van der Waals surface area contributed by atoms with Gasteiger partial charge in [-0.1, -0.05) is 11.3 Å². The Kier molecular flexibility index (Phi) is 5.11. The van der Waals surface area contributed by atoms with Gasteiger partial charge in [0.2, 0.25) is 0 Å². The highest BCUT2D eigenvalue weighted by molar-refractivity contribution is 5.93. The van der Waals surface area contributed by atoms with Crippen LogP contribution in [-0.2, 0) is 6.54 Å². The van der Waals surface area contributed by atoms with Crippen LogP contribution in [0.1, 0.15) is 28.6 Å². The number of amides is 1. The molecule has 1 aromatic carbocycles. The number of benzene rings is 1. The molecule has 0 bridgehead atoms. The van der Waals surface area contributed by atoms with Crippen LogP contribution in [0.4, 0.5) is 14.5 Å². The van der Waals surface area contributed by atoms with Crippen molar-refractivity contribution < 1.29 is 18.5 Å². The smallest absolute Gasteiger partial charge is 0.319 e. The van der Waals surface area contributed by atoms with E-state index in [2.05, 4.69) is 15.3 Å². The van der Waals surface area contributed by atoms with Crippen molar-refractivity contribution in [2.45, 2.75) is 20.0 Å². The minimum atomic E-state index is -2.77. The van der Waals surface area contributed by atoms with Crippen LogP contribution in [-0.4, -0.2) is 47.3 Å². The van der Waals surface area contributed by atoms with Crippen molar-refractivity contribution in [1.82, 2.24) is 29.4 Å². The number of hydrogen-bond acceptors (Lipinski definition) is 6. The second-order valence-electron chi connectivity index (χ2n) is 5.90. The van der Waals surface area contributed by atoms with Gasteiger partial charge in [0.1, 0.15) is 5.82 Å². The average molecular weight is 391 g/mol. The topological polar surface area (TPSA) is 112 Å². The molecule has 12 heteroatoms. The van der Waals surface area contributed by atoms with E-state index in [9.17, 15) is 23.7 Å². The molecule has 3 aromatic rings. The molecule has 3 rings (SSSR count). The lowest BCUT2D eigenvalue weighted by Crippen LogP contribution is -2.28. The van der Waals surface area contributed by atoms with E-state index in [1.54, 1.807) is 13.0 Å². The minimum absolute atomic E-state index is 0.00385. The minimum Gasteiger partial charge on any atom is -0.333 e. The van der Waals surface area contributed by atoms with Gasteiger partial charge in [-0.25, -0.2) is 9.67 Å². The van der Waals surface area contributed by atoms with Crippen LogP contribution in [0.3, 0.4) is 0 Å². The Morgan fingerprint density at radius 2 is 2.14 bits per heavy atom. The maximum absolute atomic E-state index is 12.9. The van der Waals surface area contributed by atoms with E-state index in [-0.39, 0.29) is 23.8 Å². The second kappa shape index (κ2) is 7.50. The number of nitrogens with zero attached hydrogens (tertiary/aromatic N) is 7. The molecule has 1 amide bonds. The van der Waals surface area contributed by atoms with Gasteiger partial charge in [0.25, 0.3) is 11.6 Å². The number of hydrogen-bond donors (Lipinski definition) is 0. The van der Waals surface area contributed by atoms with Crippen LogP contribution in [0.5, 0.6) is 0 Å². The largest absolute Gasteiger partial charge is 0.333 e. The molecule has 0 aliphatic carbocycles. The lowest BCUT2D eigenvalue weighted by Gasteiger charge is -2.16. The second-order valence-corrected chi connectivity index (χ2v) is 5.90. The molecule has 0 aliphatic heterocycles. The van der Waals surface area contributed by atoms with Crippen LogP contribution in [0, 0.1) is 17.0 Å². The molecule has 0 atom stereocenters. The fourth-order valence-corrected chi connectivity index (χ4v) is 2.62. The van der Waals surface area contributed by atoms with Crippen LogP contribution in [0.25, 0.3) is 5.69 Å². The maximum Gasteiger partial charge on any atom is 0.319 e. The molecule has 0 spiro atoms. The monoisotopic (exact) mass is 391 g/mol. The Labute approximate surface area is 157 Å². The zero-order valence-corrected chi connectivity index (χ0v) is 14.9. The number of rotatable bonds is 6. The van der Waals surface area contributed by atoms with E-state index >= 15 is 0 Å². The highest BCUT2D eigenvalue weighted by Gasteiger charge is 2.23. The van der Waals surface area contributed by atoms with Crippen molar-refractivity contribution in [3.63, 3.8) is 0 Å². The Bertz CT molecular complexity index is 1030. The molecule has 0 fully saturated rings. The summed E-state index contributed by atoms with van der Waals surface area (Å²) in [5.74, 6) is -0.521. The van der Waals surface area contributed by atoms with E-state index in [1.807, 2.05) is 0 Å². The summed E-state index contributed by atoms with van der Waals surface area (Å²) in [4.78, 5) is 28.1. The van der Waals surface area contributed by atoms with E-state index in [0.717, 1.165) is 6.20 Å². The van der Waals surface area contributed by atoms with Gasteiger partial charge in [-0.05, 0) is 13.0 Å². The summed E-state index contributed by atoms with van der Waals surface area (Å²) >= 11 is 0. The van der Waals surface area contributed by atoms with Gasteiger partial charge < -0.3 is 4.90 Å². The van der Waals surface area contributed by atoms with Crippen LogP contribution in [0.15, 0.2) is 36.7 Å². The van der Waals surface area contributed by atoms with Crippen molar-refractivity contribution in [2.24, 2.45) is 0 Å². The van der Waals surface area contributed by atoms with Gasteiger partial charge in [0, 0.05) is 31.6 Å². The quantitative estimate of drug-likeness (QED) is 0.471. The van der Waals surface area contributed by atoms with Crippen molar-refractivity contribution in [1.29, 1.82) is 0 Å². The van der Waals surface area contributed by atoms with Gasteiger partial charge in [0.05, 0.1) is 22.8 Å². The summed E-state index contributed by atoms with van der Waals surface area (Å²) in [5.41, 5.74) is 0.601. The molecule has 0 aliphatic rings. The first kappa shape index (κ1) is 19.1. The van der Waals surface area contributed by atoms with Crippen LogP contribution >= 0.6 is 0 Å². The van der Waals surface area contributed by atoms with E-state index in [0.29, 0.717) is 15.9 Å². The Balaban J connectivity index is 1.84. The van der Waals surface area contributed by atoms with E-state index < -0.39 is 17.4 Å². The Morgan fingerprint density at radius 3 is 2.82 bits per heavy atom. The molecule has 0 saturated carbocycles. The van der Waals surface area contributed by atoms with Crippen molar-refractivity contribution in [3.05, 3.63) is 64.0 Å². The first-order chi connectivity index (χ1) is 13.3. The van der Waals surface area contributed by atoms with Crippen molar-refractivity contribution in [3.8, 4) is 5.69 Å². The molecule has 0 radical (unpaired) electrons. The number of alkyl halides is 2. The molecule has 0 saturated heterocycles. The van der Waals surface area contributed by atoms with E-state index in [1.165, 1.54) is 41.0 Å². The Morgan fingerprint density at radius 1 is 1.39 bits per heavy atom. The molecule has 146 valence electrons. The summed E-state index contributed by atoms with van der Waals surface area (Å²) in [7, 11) is 1.43. The van der Waals surface area contributed by atoms with Gasteiger partial charge in [-0.3, -0.25) is 19.5 Å². The number of imidazole rings is 1. The third-order valence-corrected chi connectivity index (χ3v) is 4.07. The summed E-state index contributed by atoms with van der Waals surface area (Å²) in [5, 5.41) is 18.7. The van der Waals surface area contributed by atoms with Crippen LogP contribution < -0.4 is 0 Å². The lowest BCUT2D eigenvalue weighted by molar-refractivity contribution is -0.384. The van der Waals surface area contributed by atoms with Crippen molar-refractivity contribution in [2.75, 3.05) is 7.05 Å². The number of carbonyl (C=O) groups excluding carboxylic acids is 1. The normalized spacial score (nSPS) is 11.0. The molecule has 10 nitrogen and oxygen atoms in total. The SMILES string of the molecule is Cc1c(C(=O)N(C)Cc2nccn2C(F)F)nnn1-c1cccc([N+](=O)[O-])c1. The first-order valence-corrected chi connectivity index (χ1v) is 8.02. The first-order valence-electron chi connectivity index (χ1n) is 8.02. The zero-order chi connectivity index (χ0) is 20.4. The number of nitro benzene ring substituents is 1. The average Bonchev–Trinajstić information content (AvgIpc) is 3.27. The highest BCUT2D eigenvalue weighted by atomic mass is 19.3. The number of aromatic nitrogens is 5. The molecule has 2 aromatic heterocycles. The standard InChI is InChI=1S/C16H15F2N7O3/c1-10-14(15(26)22(2)9-13-19-6-7-23(13)16(17)18)20-21-24(10)11-4-3-5-12(8-11)25(27)28/h3-8,16H,9H2,1-2H3. The number of halogens is 2. The Hall–Kier alpha value is -3.70. The predicted octanol–water partition coefficient (Wildman–Crippen LogP) is 2.35. The number of carbonyl (C=O) groups is 1. The van der Waals surface area contributed by atoms with Crippen molar-refractivity contribution >= 4 is 11.6 Å². The van der Waals surface area contributed by atoms with Gasteiger partial charge in [-0.2, -0.15) is 8.78 Å². The molecular weight excluding hydrogens is 376 g/mol. The molecule has 0 N–H and O–H groups in total. The summed E-state index contributed by atoms with van der Waals surface area (Å²) < 4.78 is 27.8. The van der Waals surface area contributed by atoms with E-state index in [4.69, 9.17) is 0 Å². The molecule has 0 unspecified atom stereocenters. The summed E-state index contributed by atoms with van der Waals surface area (Å²) in [6.07, 6.45) is 2.35. The fraction of sp³-hybridized carbons (Fsp3) is 0.250. The fourth-order valence-electron chi connectivity index (χ4n) is 2.62. The third-order valence-electron chi connectivity index (χ3n) is 4.07. The van der Waals surface area contributed by atoms with Gasteiger partial charge in [0.15, 0.2) is 5.69 Å². The van der Waals surface area contributed by atoms with Gasteiger partial charge in [-0.15, -0.1) is 5.10 Å². The van der Waals surface area contributed by atoms with Gasteiger partial charge >= 0.3 is 6.55 Å². The predicted molar refractivity (Wildman–Crippen MR) is 92.0 cm³/mol. The van der Waals surface area contributed by atoms with Crippen LogP contribution in [0.2, 0.25) is 0 Å². The summed E-state index contributed by atoms with van der Waals surface area (Å²) in [6, 6.07) is 5.72. The zero-order valence-electron chi connectivity index (χ0n) is 14.9. The molecule has 2 heterocycles. The molecular formula is C16H15F2N7O3. The summed E-state index contributed by atoms with van der Waals surface area (Å²) in [6.45, 7) is -1.34. The lowest BCUT2D eigenvalue weighted by atomic mass is 10.2. The number of non-ortho nitro benzene ring substituents is 1. The number of nitro groups is 1. The maximum atomic E-state index is 12.9. The molecule has 28 heavy (non-hydrogen) atoms. The third kappa shape index (κ3) is 3.56. The highest BCUT2D eigenvalue weighted by Crippen LogP contribution is 2.19.